The first-order valence-electron chi connectivity index (χ1n) is 5.16. The summed E-state index contributed by atoms with van der Waals surface area (Å²) in [7, 11) is 0. The van der Waals surface area contributed by atoms with Gasteiger partial charge in [-0.25, -0.2) is 0 Å². The molecule has 6 heteroatoms. The minimum Gasteiger partial charge on any atom is -0.385 e. The van der Waals surface area contributed by atoms with E-state index in [-0.39, 0.29) is 5.56 Å². The van der Waals surface area contributed by atoms with Gasteiger partial charge in [0, 0.05) is 30.9 Å². The fourth-order valence-electron chi connectivity index (χ4n) is 1.54. The molecule has 2 heterocycles. The molecule has 0 aromatic carbocycles. The zero-order chi connectivity index (χ0) is 12.3. The van der Waals surface area contributed by atoms with Crippen molar-refractivity contribution in [2.45, 2.75) is 13.0 Å². The maximum Gasteiger partial charge on any atom is 0.253 e. The number of hydrogen-bond donors (Lipinski definition) is 2. The number of nitrogens with two attached hydrogens (primary N) is 1. The van der Waals surface area contributed by atoms with Gasteiger partial charge >= 0.3 is 0 Å². The van der Waals surface area contributed by atoms with Crippen molar-refractivity contribution >= 4 is 18.0 Å². The van der Waals surface area contributed by atoms with Gasteiger partial charge in [-0.2, -0.15) is 0 Å². The number of nitrogen functional groups attached to an aromatic ring is 1. The van der Waals surface area contributed by atoms with Gasteiger partial charge < -0.3 is 10.3 Å². The Morgan fingerprint density at radius 1 is 1.47 bits per heavy atom. The predicted octanol–water partition coefficient (Wildman–Crippen LogP) is 1.13. The number of anilines is 1. The number of aryl methyl sites for hydroxylation is 1. The number of aromatic nitrogens is 3. The summed E-state index contributed by atoms with van der Waals surface area (Å²) in [5.41, 5.74) is 6.42. The second-order valence-corrected chi connectivity index (χ2v) is 3.97. The molecule has 0 aliphatic rings. The number of pyridine rings is 1. The van der Waals surface area contributed by atoms with Crippen LogP contribution in [0.3, 0.4) is 0 Å². The number of rotatable bonds is 3. The molecule has 0 aliphatic carbocycles. The van der Waals surface area contributed by atoms with Crippen molar-refractivity contribution in [3.8, 4) is 0 Å². The van der Waals surface area contributed by atoms with E-state index in [9.17, 15) is 4.79 Å². The van der Waals surface area contributed by atoms with Crippen LogP contribution in [0.1, 0.15) is 5.69 Å². The maximum absolute atomic E-state index is 11.1. The lowest BCUT2D eigenvalue weighted by atomic mass is 10.3. The number of nitrogens with zero attached hydrogens (tertiary/aromatic N) is 2. The lowest BCUT2D eigenvalue weighted by molar-refractivity contribution is 0.664. The Morgan fingerprint density at radius 2 is 2.29 bits per heavy atom. The molecule has 2 aromatic heterocycles. The summed E-state index contributed by atoms with van der Waals surface area (Å²) in [5, 5.41) is 0. The minimum absolute atomic E-state index is 0.276. The second-order valence-electron chi connectivity index (χ2n) is 3.59. The van der Waals surface area contributed by atoms with Crippen LogP contribution in [0.2, 0.25) is 0 Å². The molecule has 0 saturated carbocycles. The van der Waals surface area contributed by atoms with E-state index in [1.54, 1.807) is 10.8 Å². The third kappa shape index (κ3) is 2.79. The first-order chi connectivity index (χ1) is 8.16. The van der Waals surface area contributed by atoms with Crippen LogP contribution >= 0.6 is 12.2 Å². The van der Waals surface area contributed by atoms with E-state index in [4.69, 9.17) is 18.0 Å². The Kier molecular flexibility index (Phi) is 3.34. The predicted molar refractivity (Wildman–Crippen MR) is 68.2 cm³/mol. The number of hydrogen-bond acceptors (Lipinski definition) is 4. The van der Waals surface area contributed by atoms with E-state index in [1.807, 2.05) is 18.2 Å². The van der Waals surface area contributed by atoms with Crippen molar-refractivity contribution < 1.29 is 0 Å². The summed E-state index contributed by atoms with van der Waals surface area (Å²) in [5.74, 6) is 0.370. The fourth-order valence-corrected chi connectivity index (χ4v) is 1.84. The molecule has 0 saturated heterocycles. The quantitative estimate of drug-likeness (QED) is 0.798. The highest BCUT2D eigenvalue weighted by molar-refractivity contribution is 7.71. The number of nitrogens with one attached hydrogen (secondary N) is 1. The van der Waals surface area contributed by atoms with Crippen molar-refractivity contribution in [1.82, 2.24) is 14.5 Å². The number of H-pyrrole nitrogens is 1. The lowest BCUT2D eigenvalue weighted by Gasteiger charge is -2.09. The molecular weight excluding hydrogens is 236 g/mol. The summed E-state index contributed by atoms with van der Waals surface area (Å²) in [4.78, 5) is 17.9. The maximum atomic E-state index is 11.1. The molecule has 0 amide bonds. The molecule has 17 heavy (non-hydrogen) atoms. The standard InChI is InChI=1S/C11H12N4OS/c12-9-7-10(16)14-11(17)15(9)6-4-8-3-1-2-5-13-8/h1-3,5,7H,4,6,12H2,(H,14,16,17). The van der Waals surface area contributed by atoms with E-state index >= 15 is 0 Å². The summed E-state index contributed by atoms with van der Waals surface area (Å²) in [6.07, 6.45) is 2.45. The monoisotopic (exact) mass is 248 g/mol. The Morgan fingerprint density at radius 3 is 2.94 bits per heavy atom. The van der Waals surface area contributed by atoms with Gasteiger partial charge in [0.1, 0.15) is 5.82 Å². The van der Waals surface area contributed by atoms with Gasteiger partial charge in [0.15, 0.2) is 4.77 Å². The molecule has 0 aliphatic heterocycles. The molecule has 0 atom stereocenters. The Labute approximate surface area is 103 Å². The summed E-state index contributed by atoms with van der Waals surface area (Å²) in [6, 6.07) is 7.06. The van der Waals surface area contributed by atoms with Crippen molar-refractivity contribution in [3.05, 3.63) is 51.3 Å². The molecule has 3 N–H and O–H groups in total. The zero-order valence-corrected chi connectivity index (χ0v) is 9.91. The normalized spacial score (nSPS) is 10.4. The zero-order valence-electron chi connectivity index (χ0n) is 9.09. The van der Waals surface area contributed by atoms with Crippen LogP contribution in [0.15, 0.2) is 35.3 Å². The van der Waals surface area contributed by atoms with Crippen LogP contribution in [0, 0.1) is 4.77 Å². The highest BCUT2D eigenvalue weighted by atomic mass is 32.1. The molecule has 88 valence electrons. The molecule has 0 bridgehead atoms. The Balaban J connectivity index is 2.21. The van der Waals surface area contributed by atoms with Gasteiger partial charge in [-0.1, -0.05) is 6.07 Å². The van der Waals surface area contributed by atoms with Crippen molar-refractivity contribution in [2.75, 3.05) is 5.73 Å². The molecule has 5 nitrogen and oxygen atoms in total. The minimum atomic E-state index is -0.276. The van der Waals surface area contributed by atoms with Crippen molar-refractivity contribution in [2.24, 2.45) is 0 Å². The third-order valence-electron chi connectivity index (χ3n) is 2.38. The smallest absolute Gasteiger partial charge is 0.253 e. The van der Waals surface area contributed by atoms with E-state index in [1.165, 1.54) is 6.07 Å². The van der Waals surface area contributed by atoms with Gasteiger partial charge in [-0.15, -0.1) is 0 Å². The Hall–Kier alpha value is -1.95. The van der Waals surface area contributed by atoms with E-state index in [0.717, 1.165) is 5.69 Å². The van der Waals surface area contributed by atoms with Gasteiger partial charge in [0.05, 0.1) is 0 Å². The van der Waals surface area contributed by atoms with E-state index in [2.05, 4.69) is 9.97 Å². The summed E-state index contributed by atoms with van der Waals surface area (Å²) in [6.45, 7) is 0.596. The van der Waals surface area contributed by atoms with Crippen molar-refractivity contribution in [1.29, 1.82) is 0 Å². The molecular formula is C11H12N4OS. The number of aromatic amines is 1. The molecule has 0 fully saturated rings. The van der Waals surface area contributed by atoms with Gasteiger partial charge in [0.2, 0.25) is 0 Å². The molecule has 2 aromatic rings. The highest BCUT2D eigenvalue weighted by Gasteiger charge is 2.01. The van der Waals surface area contributed by atoms with Crippen LogP contribution in [-0.2, 0) is 13.0 Å². The topological polar surface area (TPSA) is 76.7 Å². The largest absolute Gasteiger partial charge is 0.385 e. The van der Waals surface area contributed by atoms with Crippen LogP contribution in [0.5, 0.6) is 0 Å². The van der Waals surface area contributed by atoms with Gasteiger partial charge in [-0.3, -0.25) is 14.8 Å². The van der Waals surface area contributed by atoms with Crippen molar-refractivity contribution in [3.63, 3.8) is 0 Å². The van der Waals surface area contributed by atoms with Crippen LogP contribution in [0.4, 0.5) is 5.82 Å². The van der Waals surface area contributed by atoms with Crippen LogP contribution in [-0.4, -0.2) is 14.5 Å². The van der Waals surface area contributed by atoms with E-state index < -0.39 is 0 Å². The highest BCUT2D eigenvalue weighted by Crippen LogP contribution is 2.03. The average Bonchev–Trinajstić information content (AvgIpc) is 2.29. The van der Waals surface area contributed by atoms with Crippen LogP contribution in [0.25, 0.3) is 0 Å². The molecule has 0 spiro atoms. The molecule has 0 unspecified atom stereocenters. The van der Waals surface area contributed by atoms with Gasteiger partial charge in [0.25, 0.3) is 5.56 Å². The van der Waals surface area contributed by atoms with Crippen LogP contribution < -0.4 is 11.3 Å². The molecule has 2 rings (SSSR count). The summed E-state index contributed by atoms with van der Waals surface area (Å²) < 4.78 is 2.02. The van der Waals surface area contributed by atoms with E-state index in [0.29, 0.717) is 23.6 Å². The SMILES string of the molecule is Nc1cc(=O)[nH]c(=S)n1CCc1ccccn1. The summed E-state index contributed by atoms with van der Waals surface area (Å²) >= 11 is 5.05. The molecule has 0 radical (unpaired) electrons. The first kappa shape index (κ1) is 11.5. The average molecular weight is 248 g/mol. The first-order valence-corrected chi connectivity index (χ1v) is 5.57. The lowest BCUT2D eigenvalue weighted by Crippen LogP contribution is -2.17. The Bertz CT molecular complexity index is 617. The third-order valence-corrected chi connectivity index (χ3v) is 2.71. The van der Waals surface area contributed by atoms with Gasteiger partial charge in [-0.05, 0) is 24.4 Å². The fraction of sp³-hybridized carbons (Fsp3) is 0.182. The second kappa shape index (κ2) is 4.92.